The number of rotatable bonds is 13. The molecule has 2 aliphatic rings. The molecule has 0 unspecified atom stereocenters. The quantitative estimate of drug-likeness (QED) is 0.172. The van der Waals surface area contributed by atoms with Crippen LogP contribution in [-0.4, -0.2) is 71.9 Å². The molecular formula is C37H50N6O5. The number of carbonyl (C=O) groups excluding carboxylic acids is 2. The summed E-state index contributed by atoms with van der Waals surface area (Å²) in [6.07, 6.45) is 4.08. The van der Waals surface area contributed by atoms with Crippen molar-refractivity contribution in [1.82, 2.24) is 15.0 Å². The topological polar surface area (TPSA) is 128 Å². The smallest absolute Gasteiger partial charge is 0.311 e. The standard InChI is InChI=1S/C37H50N6O5/c1-25-33(39-23-30(36(45)48-37(3,4)5)22-32(44)47-21-20-46-24-27-10-7-6-8-11-27)40-26(2)41-35(25)43-18-15-28(16-19-43)31-14-13-29-12-9-17-38-34(29)42-31/h6-8,10-11,13-14,28,30H,9,12,15-24H2,1-5H3,(H,38,42)(H,39,40,41)/t30-/m0/s1. The van der Waals surface area contributed by atoms with Crippen molar-refractivity contribution in [3.63, 3.8) is 0 Å². The Bertz CT molecular complexity index is 1540. The molecule has 0 saturated carbocycles. The molecule has 1 atom stereocenters. The van der Waals surface area contributed by atoms with Gasteiger partial charge in [-0.25, -0.2) is 15.0 Å². The van der Waals surface area contributed by atoms with Gasteiger partial charge in [0.2, 0.25) is 0 Å². The molecule has 258 valence electrons. The second kappa shape index (κ2) is 16.2. The molecule has 1 saturated heterocycles. The first-order valence-electron chi connectivity index (χ1n) is 17.1. The summed E-state index contributed by atoms with van der Waals surface area (Å²) in [5, 5.41) is 6.79. The van der Waals surface area contributed by atoms with E-state index in [0.29, 0.717) is 24.2 Å². The number of piperidine rings is 1. The van der Waals surface area contributed by atoms with Crippen LogP contribution >= 0.6 is 0 Å². The van der Waals surface area contributed by atoms with Crippen molar-refractivity contribution in [2.24, 2.45) is 5.92 Å². The van der Waals surface area contributed by atoms with E-state index in [0.717, 1.165) is 73.8 Å². The van der Waals surface area contributed by atoms with Crippen molar-refractivity contribution in [3.05, 3.63) is 70.7 Å². The van der Waals surface area contributed by atoms with Gasteiger partial charge >= 0.3 is 11.9 Å². The van der Waals surface area contributed by atoms with Crippen LogP contribution in [0.25, 0.3) is 0 Å². The molecule has 2 aromatic heterocycles. The van der Waals surface area contributed by atoms with Gasteiger partial charge in [0.1, 0.15) is 35.5 Å². The lowest BCUT2D eigenvalue weighted by Gasteiger charge is -2.34. The summed E-state index contributed by atoms with van der Waals surface area (Å²) < 4.78 is 16.7. The number of hydrogen-bond donors (Lipinski definition) is 2. The highest BCUT2D eigenvalue weighted by molar-refractivity contribution is 5.81. The van der Waals surface area contributed by atoms with E-state index in [1.807, 2.05) is 65.0 Å². The van der Waals surface area contributed by atoms with Gasteiger partial charge in [-0.1, -0.05) is 36.4 Å². The number of esters is 2. The van der Waals surface area contributed by atoms with Crippen molar-refractivity contribution in [2.45, 2.75) is 84.8 Å². The van der Waals surface area contributed by atoms with Crippen LogP contribution in [0.3, 0.4) is 0 Å². The molecule has 5 rings (SSSR count). The Morgan fingerprint density at radius 1 is 1.02 bits per heavy atom. The normalized spacial score (nSPS) is 15.6. The molecule has 0 spiro atoms. The maximum atomic E-state index is 13.2. The van der Waals surface area contributed by atoms with Crippen molar-refractivity contribution >= 4 is 29.4 Å². The minimum Gasteiger partial charge on any atom is -0.463 e. The SMILES string of the molecule is Cc1nc(NC[C@H](CC(=O)OCCOCc2ccccc2)C(=O)OC(C)(C)C)c(C)c(N2CCC(c3ccc4c(n3)NCCC4)CC2)n1. The summed E-state index contributed by atoms with van der Waals surface area (Å²) in [5.74, 6) is 1.88. The number of nitrogens with one attached hydrogen (secondary N) is 2. The van der Waals surface area contributed by atoms with Crippen LogP contribution in [0.4, 0.5) is 17.5 Å². The Morgan fingerprint density at radius 2 is 1.79 bits per heavy atom. The van der Waals surface area contributed by atoms with Crippen LogP contribution in [0.1, 0.15) is 80.6 Å². The van der Waals surface area contributed by atoms with E-state index < -0.39 is 23.5 Å². The summed E-state index contributed by atoms with van der Waals surface area (Å²) in [5.41, 5.74) is 3.71. The molecular weight excluding hydrogens is 608 g/mol. The number of anilines is 3. The van der Waals surface area contributed by atoms with Gasteiger partial charge in [0.15, 0.2) is 0 Å². The van der Waals surface area contributed by atoms with Crippen LogP contribution in [0.2, 0.25) is 0 Å². The van der Waals surface area contributed by atoms with Gasteiger partial charge < -0.3 is 29.7 Å². The largest absolute Gasteiger partial charge is 0.463 e. The zero-order valence-corrected chi connectivity index (χ0v) is 29.0. The molecule has 1 fully saturated rings. The maximum Gasteiger partial charge on any atom is 0.311 e. The fourth-order valence-electron chi connectivity index (χ4n) is 6.13. The van der Waals surface area contributed by atoms with Gasteiger partial charge in [-0.2, -0.15) is 0 Å². The first-order chi connectivity index (χ1) is 23.1. The maximum absolute atomic E-state index is 13.2. The Labute approximate surface area is 284 Å². The minimum absolute atomic E-state index is 0.101. The molecule has 3 aromatic rings. The lowest BCUT2D eigenvalue weighted by molar-refractivity contribution is -0.163. The Hall–Kier alpha value is -4.25. The third-order valence-electron chi connectivity index (χ3n) is 8.63. The fourth-order valence-corrected chi connectivity index (χ4v) is 6.13. The minimum atomic E-state index is -0.769. The molecule has 0 radical (unpaired) electrons. The zero-order valence-electron chi connectivity index (χ0n) is 29.0. The molecule has 0 amide bonds. The van der Waals surface area contributed by atoms with Gasteiger partial charge in [0.25, 0.3) is 0 Å². The summed E-state index contributed by atoms with van der Waals surface area (Å²) in [6, 6.07) is 14.2. The first-order valence-corrected chi connectivity index (χ1v) is 17.1. The van der Waals surface area contributed by atoms with E-state index in [4.69, 9.17) is 24.2 Å². The van der Waals surface area contributed by atoms with Crippen LogP contribution in [0.5, 0.6) is 0 Å². The van der Waals surface area contributed by atoms with Crippen LogP contribution in [-0.2, 0) is 36.8 Å². The number of nitrogens with zero attached hydrogens (tertiary/aromatic N) is 4. The van der Waals surface area contributed by atoms with E-state index in [1.165, 1.54) is 5.56 Å². The number of ether oxygens (including phenoxy) is 3. The van der Waals surface area contributed by atoms with Crippen LogP contribution < -0.4 is 15.5 Å². The molecule has 4 heterocycles. The average molecular weight is 659 g/mol. The molecule has 2 aliphatic heterocycles. The number of hydrogen-bond acceptors (Lipinski definition) is 11. The summed E-state index contributed by atoms with van der Waals surface area (Å²) >= 11 is 0. The van der Waals surface area contributed by atoms with E-state index in [1.54, 1.807) is 0 Å². The molecule has 2 N–H and O–H groups in total. The monoisotopic (exact) mass is 658 g/mol. The molecule has 1 aromatic carbocycles. The third kappa shape index (κ3) is 9.88. The van der Waals surface area contributed by atoms with Gasteiger partial charge in [0, 0.05) is 43.4 Å². The number of aromatic nitrogens is 3. The second-order valence-corrected chi connectivity index (χ2v) is 13.7. The van der Waals surface area contributed by atoms with E-state index >= 15 is 0 Å². The predicted octanol–water partition coefficient (Wildman–Crippen LogP) is 5.75. The summed E-state index contributed by atoms with van der Waals surface area (Å²) in [7, 11) is 0. The number of fused-ring (bicyclic) bond motifs is 1. The summed E-state index contributed by atoms with van der Waals surface area (Å²) in [4.78, 5) is 42.7. The van der Waals surface area contributed by atoms with Gasteiger partial charge in [0.05, 0.1) is 25.6 Å². The highest BCUT2D eigenvalue weighted by Crippen LogP contribution is 2.33. The molecule has 0 aliphatic carbocycles. The average Bonchev–Trinajstić information content (AvgIpc) is 3.07. The predicted molar refractivity (Wildman–Crippen MR) is 186 cm³/mol. The third-order valence-corrected chi connectivity index (χ3v) is 8.63. The van der Waals surface area contributed by atoms with Crippen LogP contribution in [0.15, 0.2) is 42.5 Å². The molecule has 48 heavy (non-hydrogen) atoms. The van der Waals surface area contributed by atoms with Crippen molar-refractivity contribution in [1.29, 1.82) is 0 Å². The lowest BCUT2D eigenvalue weighted by atomic mass is 9.92. The number of aryl methyl sites for hydroxylation is 2. The zero-order chi connectivity index (χ0) is 34.1. The van der Waals surface area contributed by atoms with Crippen molar-refractivity contribution < 1.29 is 23.8 Å². The second-order valence-electron chi connectivity index (χ2n) is 13.7. The number of pyridine rings is 1. The molecule has 11 nitrogen and oxygen atoms in total. The fraction of sp³-hybridized carbons (Fsp3) is 0.541. The molecule has 0 bridgehead atoms. The van der Waals surface area contributed by atoms with E-state index in [9.17, 15) is 9.59 Å². The Balaban J connectivity index is 1.17. The highest BCUT2D eigenvalue weighted by atomic mass is 16.6. The van der Waals surface area contributed by atoms with Crippen LogP contribution in [0, 0.1) is 19.8 Å². The lowest BCUT2D eigenvalue weighted by Crippen LogP contribution is -2.35. The number of benzene rings is 1. The highest BCUT2D eigenvalue weighted by Gasteiger charge is 2.30. The first kappa shape index (κ1) is 35.1. The van der Waals surface area contributed by atoms with Gasteiger partial charge in [-0.3, -0.25) is 9.59 Å². The summed E-state index contributed by atoms with van der Waals surface area (Å²) in [6.45, 7) is 12.9. The Kier molecular flexibility index (Phi) is 11.9. The number of carbonyl (C=O) groups is 2. The van der Waals surface area contributed by atoms with Gasteiger partial charge in [-0.15, -0.1) is 0 Å². The van der Waals surface area contributed by atoms with E-state index in [-0.39, 0.29) is 26.2 Å². The van der Waals surface area contributed by atoms with E-state index in [2.05, 4.69) is 32.7 Å². The van der Waals surface area contributed by atoms with Crippen molar-refractivity contribution in [2.75, 3.05) is 54.9 Å². The molecule has 11 heteroatoms. The van der Waals surface area contributed by atoms with Crippen molar-refractivity contribution in [3.8, 4) is 0 Å². The van der Waals surface area contributed by atoms with Gasteiger partial charge in [-0.05, 0) is 77.5 Å². The Morgan fingerprint density at radius 3 is 2.54 bits per heavy atom.